The molecule has 7 nitrogen and oxygen atoms in total. The topological polar surface area (TPSA) is 82.5 Å². The van der Waals surface area contributed by atoms with Crippen LogP contribution in [0.3, 0.4) is 0 Å². The number of aromatic nitrogens is 2. The van der Waals surface area contributed by atoms with Crippen LogP contribution < -0.4 is 10.1 Å². The van der Waals surface area contributed by atoms with Gasteiger partial charge in [0, 0.05) is 5.54 Å². The van der Waals surface area contributed by atoms with Crippen molar-refractivity contribution in [1.29, 1.82) is 0 Å². The summed E-state index contributed by atoms with van der Waals surface area (Å²) in [5.74, 6) is -0.817. The molecule has 1 atom stereocenters. The fourth-order valence-corrected chi connectivity index (χ4v) is 2.10. The average molecular weight is 345 g/mol. The number of esters is 1. The van der Waals surface area contributed by atoms with Crippen molar-refractivity contribution in [2.24, 2.45) is 0 Å². The number of benzene rings is 1. The van der Waals surface area contributed by atoms with Gasteiger partial charge in [-0.25, -0.2) is 9.48 Å². The van der Waals surface area contributed by atoms with E-state index < -0.39 is 17.6 Å². The molecule has 1 aromatic heterocycles. The van der Waals surface area contributed by atoms with Crippen molar-refractivity contribution in [1.82, 2.24) is 15.1 Å². The normalized spacial score (nSPS) is 12.4. The van der Waals surface area contributed by atoms with Gasteiger partial charge in [0.05, 0.1) is 19.0 Å². The van der Waals surface area contributed by atoms with Crippen LogP contribution >= 0.6 is 0 Å². The summed E-state index contributed by atoms with van der Waals surface area (Å²) in [6.07, 6.45) is 0.643. The molecule has 1 N–H and O–H groups in total. The molecule has 7 heteroatoms. The Balaban J connectivity index is 2.16. The minimum absolute atomic E-state index is 0.0155. The van der Waals surface area contributed by atoms with Gasteiger partial charge in [-0.2, -0.15) is 5.10 Å². The molecule has 0 aliphatic rings. The molecule has 134 valence electrons. The van der Waals surface area contributed by atoms with E-state index in [2.05, 4.69) is 10.4 Å². The lowest BCUT2D eigenvalue weighted by Gasteiger charge is -2.23. The van der Waals surface area contributed by atoms with Gasteiger partial charge in [-0.15, -0.1) is 0 Å². The second kappa shape index (κ2) is 7.38. The van der Waals surface area contributed by atoms with Gasteiger partial charge in [-0.05, 0) is 39.8 Å². The quantitative estimate of drug-likeness (QED) is 0.841. The molecule has 2 rings (SSSR count). The first-order valence-corrected chi connectivity index (χ1v) is 7.93. The highest BCUT2D eigenvalue weighted by Crippen LogP contribution is 2.20. The second-order valence-electron chi connectivity index (χ2n) is 6.61. The Hall–Kier alpha value is -2.83. The van der Waals surface area contributed by atoms with E-state index in [0.717, 1.165) is 5.69 Å². The molecule has 0 bridgehead atoms. The minimum atomic E-state index is -0.946. The maximum absolute atomic E-state index is 12.4. The zero-order valence-electron chi connectivity index (χ0n) is 15.1. The zero-order chi connectivity index (χ0) is 18.6. The molecule has 0 fully saturated rings. The molecule has 0 spiro atoms. The summed E-state index contributed by atoms with van der Waals surface area (Å²) in [6, 6.07) is 9.30. The number of carbonyl (C=O) groups is 2. The molecule has 0 aliphatic heterocycles. The summed E-state index contributed by atoms with van der Waals surface area (Å²) >= 11 is 0. The van der Waals surface area contributed by atoms with Crippen molar-refractivity contribution in [3.05, 3.63) is 42.2 Å². The predicted molar refractivity (Wildman–Crippen MR) is 92.9 cm³/mol. The van der Waals surface area contributed by atoms with Gasteiger partial charge >= 0.3 is 5.97 Å². The van der Waals surface area contributed by atoms with Gasteiger partial charge < -0.3 is 14.8 Å². The van der Waals surface area contributed by atoms with E-state index in [1.807, 2.05) is 51.1 Å². The Labute approximate surface area is 146 Å². The monoisotopic (exact) mass is 345 g/mol. The second-order valence-corrected chi connectivity index (χ2v) is 6.61. The van der Waals surface area contributed by atoms with E-state index in [9.17, 15) is 9.59 Å². The van der Waals surface area contributed by atoms with Crippen LogP contribution in [0, 0.1) is 0 Å². The SMILES string of the molecule is COc1cn(-c2ccccc2)nc1C(=O)OC(C)C(=O)NC(C)(C)C. The first kappa shape index (κ1) is 18.5. The van der Waals surface area contributed by atoms with Crippen LogP contribution in [0.25, 0.3) is 5.69 Å². The maximum Gasteiger partial charge on any atom is 0.363 e. The lowest BCUT2D eigenvalue weighted by molar-refractivity contribution is -0.130. The van der Waals surface area contributed by atoms with E-state index in [1.54, 1.807) is 6.20 Å². The van der Waals surface area contributed by atoms with Gasteiger partial charge in [-0.3, -0.25) is 4.79 Å². The first-order valence-electron chi connectivity index (χ1n) is 7.93. The van der Waals surface area contributed by atoms with Crippen molar-refractivity contribution in [3.8, 4) is 11.4 Å². The number of ether oxygens (including phenoxy) is 2. The molecule has 0 saturated carbocycles. The van der Waals surface area contributed by atoms with Crippen LogP contribution in [0.15, 0.2) is 36.5 Å². The number of hydrogen-bond donors (Lipinski definition) is 1. The largest absolute Gasteiger partial charge is 0.493 e. The molecular weight excluding hydrogens is 322 g/mol. The van der Waals surface area contributed by atoms with E-state index in [0.29, 0.717) is 0 Å². The number of methoxy groups -OCH3 is 1. The Bertz CT molecular complexity index is 747. The molecule has 1 amide bonds. The number of carbonyl (C=O) groups excluding carboxylic acids is 2. The molecule has 1 aromatic carbocycles. The van der Waals surface area contributed by atoms with E-state index in [1.165, 1.54) is 18.7 Å². The summed E-state index contributed by atoms with van der Waals surface area (Å²) in [5.41, 5.74) is 0.379. The van der Waals surface area contributed by atoms with Gasteiger partial charge in [0.1, 0.15) is 0 Å². The third-order valence-electron chi connectivity index (χ3n) is 3.27. The van der Waals surface area contributed by atoms with Gasteiger partial charge in [0.15, 0.2) is 11.9 Å². The first-order chi connectivity index (χ1) is 11.7. The van der Waals surface area contributed by atoms with Crippen molar-refractivity contribution < 1.29 is 19.1 Å². The fraction of sp³-hybridized carbons (Fsp3) is 0.389. The summed E-state index contributed by atoms with van der Waals surface area (Å²) in [6.45, 7) is 7.07. The van der Waals surface area contributed by atoms with Gasteiger partial charge in [0.25, 0.3) is 5.91 Å². The molecule has 2 aromatic rings. The van der Waals surface area contributed by atoms with Gasteiger partial charge in [0.2, 0.25) is 5.69 Å². The Morgan fingerprint density at radius 2 is 1.84 bits per heavy atom. The number of rotatable bonds is 5. The van der Waals surface area contributed by atoms with Crippen LogP contribution in [0.5, 0.6) is 5.75 Å². The maximum atomic E-state index is 12.4. The van der Waals surface area contributed by atoms with E-state index in [-0.39, 0.29) is 17.4 Å². The van der Waals surface area contributed by atoms with Crippen molar-refractivity contribution >= 4 is 11.9 Å². The Morgan fingerprint density at radius 3 is 2.40 bits per heavy atom. The van der Waals surface area contributed by atoms with Gasteiger partial charge in [-0.1, -0.05) is 18.2 Å². The van der Waals surface area contributed by atoms with Crippen LogP contribution in [-0.4, -0.2) is 40.4 Å². The molecular formula is C18H23N3O4. The van der Waals surface area contributed by atoms with E-state index in [4.69, 9.17) is 9.47 Å². The van der Waals surface area contributed by atoms with Crippen LogP contribution in [0.4, 0.5) is 0 Å². The molecule has 25 heavy (non-hydrogen) atoms. The van der Waals surface area contributed by atoms with Crippen molar-refractivity contribution in [2.75, 3.05) is 7.11 Å². The smallest absolute Gasteiger partial charge is 0.363 e. The molecule has 0 aliphatic carbocycles. The van der Waals surface area contributed by atoms with Crippen LogP contribution in [0.1, 0.15) is 38.2 Å². The standard InChI is InChI=1S/C18H23N3O4/c1-12(16(22)19-18(2,3)4)25-17(23)15-14(24-5)11-21(20-15)13-9-7-6-8-10-13/h6-12H,1-5H3,(H,19,22). The molecule has 0 saturated heterocycles. The summed E-state index contributed by atoms with van der Waals surface area (Å²) in [5, 5.41) is 6.99. The number of amides is 1. The lowest BCUT2D eigenvalue weighted by Crippen LogP contribution is -2.46. The highest BCUT2D eigenvalue weighted by Gasteiger charge is 2.26. The molecule has 0 radical (unpaired) electrons. The number of nitrogens with one attached hydrogen (secondary N) is 1. The summed E-state index contributed by atoms with van der Waals surface area (Å²) in [4.78, 5) is 24.5. The Kier molecular flexibility index (Phi) is 5.46. The van der Waals surface area contributed by atoms with Crippen LogP contribution in [0.2, 0.25) is 0 Å². The third-order valence-corrected chi connectivity index (χ3v) is 3.27. The third kappa shape index (κ3) is 4.82. The van der Waals surface area contributed by atoms with Crippen molar-refractivity contribution in [2.45, 2.75) is 39.3 Å². The highest BCUT2D eigenvalue weighted by atomic mass is 16.6. The Morgan fingerprint density at radius 1 is 1.20 bits per heavy atom. The molecule has 1 unspecified atom stereocenters. The fourth-order valence-electron chi connectivity index (χ4n) is 2.10. The van der Waals surface area contributed by atoms with Crippen molar-refractivity contribution in [3.63, 3.8) is 0 Å². The number of para-hydroxylation sites is 1. The molecule has 1 heterocycles. The number of hydrogen-bond acceptors (Lipinski definition) is 5. The predicted octanol–water partition coefficient (Wildman–Crippen LogP) is 2.34. The average Bonchev–Trinajstić information content (AvgIpc) is 2.98. The van der Waals surface area contributed by atoms with E-state index >= 15 is 0 Å². The lowest BCUT2D eigenvalue weighted by atomic mass is 10.1. The number of nitrogens with zero attached hydrogens (tertiary/aromatic N) is 2. The highest BCUT2D eigenvalue weighted by molar-refractivity contribution is 5.93. The minimum Gasteiger partial charge on any atom is -0.493 e. The summed E-state index contributed by atoms with van der Waals surface area (Å²) in [7, 11) is 1.44. The van der Waals surface area contributed by atoms with Crippen LogP contribution in [-0.2, 0) is 9.53 Å². The summed E-state index contributed by atoms with van der Waals surface area (Å²) < 4.78 is 12.0. The zero-order valence-corrected chi connectivity index (χ0v) is 15.1.